The molecule has 4 heteroatoms. The summed E-state index contributed by atoms with van der Waals surface area (Å²) in [6.45, 7) is 11.0. The lowest BCUT2D eigenvalue weighted by molar-refractivity contribution is 0.230. The van der Waals surface area contributed by atoms with Crippen molar-refractivity contribution in [2.75, 3.05) is 7.05 Å². The lowest BCUT2D eigenvalue weighted by Gasteiger charge is -2.05. The zero-order valence-electron chi connectivity index (χ0n) is 9.45. The van der Waals surface area contributed by atoms with Crippen LogP contribution in [0, 0.1) is 0 Å². The maximum absolute atomic E-state index is 11.2. The Balaban J connectivity index is 0.000000921. The first-order valence-corrected chi connectivity index (χ1v) is 4.77. The number of likely N-dealkylation sites (N-methyl/N-ethyl adjacent to an activating group) is 1. The van der Waals surface area contributed by atoms with Crippen LogP contribution in [0.25, 0.3) is 0 Å². The van der Waals surface area contributed by atoms with Gasteiger partial charge in [0.25, 0.3) is 0 Å². The number of rotatable bonds is 2. The van der Waals surface area contributed by atoms with E-state index < -0.39 is 0 Å². The third kappa shape index (κ3) is 3.09. The quantitative estimate of drug-likeness (QED) is 0.741. The van der Waals surface area contributed by atoms with E-state index in [1.807, 2.05) is 13.8 Å². The molecule has 0 saturated carbocycles. The fourth-order valence-corrected chi connectivity index (χ4v) is 1.01. The van der Waals surface area contributed by atoms with Crippen LogP contribution in [0.15, 0.2) is 42.2 Å². The molecule has 1 rings (SSSR count). The van der Waals surface area contributed by atoms with E-state index in [0.29, 0.717) is 11.5 Å². The predicted molar refractivity (Wildman–Crippen MR) is 63.6 cm³/mol. The van der Waals surface area contributed by atoms with Crippen molar-refractivity contribution in [2.24, 2.45) is 4.99 Å². The van der Waals surface area contributed by atoms with E-state index in [1.54, 1.807) is 19.2 Å². The summed E-state index contributed by atoms with van der Waals surface area (Å²) in [5.74, 6) is 0.502. The summed E-state index contributed by atoms with van der Waals surface area (Å²) >= 11 is 0. The molecule has 0 aromatic heterocycles. The SMILES string of the molecule is C=C/C=C1\C(=NC=C)NC(=O)N1C.CC. The molecule has 1 heterocycles. The van der Waals surface area contributed by atoms with Crippen molar-refractivity contribution in [1.82, 2.24) is 10.2 Å². The van der Waals surface area contributed by atoms with Crippen LogP contribution in [-0.2, 0) is 0 Å². The summed E-state index contributed by atoms with van der Waals surface area (Å²) in [5, 5.41) is 2.59. The van der Waals surface area contributed by atoms with Crippen LogP contribution in [0.5, 0.6) is 0 Å². The summed E-state index contributed by atoms with van der Waals surface area (Å²) in [6, 6.07) is -0.200. The zero-order chi connectivity index (χ0) is 11.8. The second-order valence-electron chi connectivity index (χ2n) is 2.44. The van der Waals surface area contributed by atoms with E-state index in [-0.39, 0.29) is 6.03 Å². The van der Waals surface area contributed by atoms with Gasteiger partial charge in [0.15, 0.2) is 5.84 Å². The molecule has 82 valence electrons. The molecule has 15 heavy (non-hydrogen) atoms. The number of aliphatic imine (C=N–C) groups is 1. The maximum Gasteiger partial charge on any atom is 0.327 e. The average Bonchev–Trinajstić information content (AvgIpc) is 2.50. The molecular weight excluding hydrogens is 190 g/mol. The molecule has 2 amide bonds. The topological polar surface area (TPSA) is 44.7 Å². The van der Waals surface area contributed by atoms with Gasteiger partial charge < -0.3 is 0 Å². The van der Waals surface area contributed by atoms with Gasteiger partial charge in [-0.1, -0.05) is 33.1 Å². The molecule has 0 spiro atoms. The largest absolute Gasteiger partial charge is 0.327 e. The Morgan fingerprint density at radius 3 is 2.47 bits per heavy atom. The van der Waals surface area contributed by atoms with Crippen LogP contribution in [0.2, 0.25) is 0 Å². The molecule has 4 nitrogen and oxygen atoms in total. The fourth-order valence-electron chi connectivity index (χ4n) is 1.01. The third-order valence-corrected chi connectivity index (χ3v) is 1.63. The van der Waals surface area contributed by atoms with Crippen LogP contribution >= 0.6 is 0 Å². The Hall–Kier alpha value is -1.84. The third-order valence-electron chi connectivity index (χ3n) is 1.63. The monoisotopic (exact) mass is 207 g/mol. The highest BCUT2D eigenvalue weighted by atomic mass is 16.2. The molecule has 0 aromatic carbocycles. The lowest BCUT2D eigenvalue weighted by Crippen LogP contribution is -2.24. The van der Waals surface area contributed by atoms with Gasteiger partial charge in [0.05, 0.1) is 5.70 Å². The Morgan fingerprint density at radius 1 is 1.40 bits per heavy atom. The van der Waals surface area contributed by atoms with Gasteiger partial charge in [-0.25, -0.2) is 9.79 Å². The Morgan fingerprint density at radius 2 is 2.00 bits per heavy atom. The Bertz CT molecular complexity index is 316. The minimum Gasteiger partial charge on any atom is -0.294 e. The summed E-state index contributed by atoms with van der Waals surface area (Å²) in [7, 11) is 1.66. The minimum atomic E-state index is -0.200. The van der Waals surface area contributed by atoms with Gasteiger partial charge in [0.2, 0.25) is 0 Å². The van der Waals surface area contributed by atoms with Crippen LogP contribution in [0.1, 0.15) is 13.8 Å². The second kappa shape index (κ2) is 6.59. The van der Waals surface area contributed by atoms with E-state index in [4.69, 9.17) is 0 Å². The average molecular weight is 207 g/mol. The van der Waals surface area contributed by atoms with Crippen LogP contribution in [0.4, 0.5) is 4.79 Å². The van der Waals surface area contributed by atoms with Gasteiger partial charge in [-0.15, -0.1) is 0 Å². The molecule has 0 aromatic rings. The van der Waals surface area contributed by atoms with Crippen molar-refractivity contribution in [3.05, 3.63) is 37.2 Å². The number of amides is 2. The molecule has 1 N–H and O–H groups in total. The van der Waals surface area contributed by atoms with E-state index in [9.17, 15) is 4.79 Å². The van der Waals surface area contributed by atoms with E-state index >= 15 is 0 Å². The smallest absolute Gasteiger partial charge is 0.294 e. The van der Waals surface area contributed by atoms with Gasteiger partial charge in [-0.3, -0.25) is 10.2 Å². The number of urea groups is 1. The molecule has 1 aliphatic rings. The number of amidine groups is 1. The van der Waals surface area contributed by atoms with Gasteiger partial charge >= 0.3 is 6.03 Å². The first kappa shape index (κ1) is 13.2. The van der Waals surface area contributed by atoms with Gasteiger partial charge in [-0.05, 0) is 6.08 Å². The van der Waals surface area contributed by atoms with E-state index in [2.05, 4.69) is 23.5 Å². The van der Waals surface area contributed by atoms with Crippen molar-refractivity contribution < 1.29 is 4.79 Å². The molecule has 0 radical (unpaired) electrons. The van der Waals surface area contributed by atoms with E-state index in [0.717, 1.165) is 0 Å². The first-order chi connectivity index (χ1) is 7.20. The highest BCUT2D eigenvalue weighted by molar-refractivity contribution is 6.14. The minimum absolute atomic E-state index is 0.200. The van der Waals surface area contributed by atoms with E-state index in [1.165, 1.54) is 11.1 Å². The molecule has 1 fully saturated rings. The number of carbonyl (C=O) groups is 1. The molecule has 1 aliphatic heterocycles. The first-order valence-electron chi connectivity index (χ1n) is 4.77. The van der Waals surface area contributed by atoms with Gasteiger partial charge in [0, 0.05) is 13.2 Å². The number of carbonyl (C=O) groups excluding carboxylic acids is 1. The van der Waals surface area contributed by atoms with Crippen molar-refractivity contribution in [3.63, 3.8) is 0 Å². The summed E-state index contributed by atoms with van der Waals surface area (Å²) < 4.78 is 0. The number of allylic oxidation sites excluding steroid dienone is 2. The van der Waals surface area contributed by atoms with Crippen molar-refractivity contribution in [1.29, 1.82) is 0 Å². The fraction of sp³-hybridized carbons (Fsp3) is 0.273. The number of nitrogens with one attached hydrogen (secondary N) is 1. The maximum atomic E-state index is 11.2. The van der Waals surface area contributed by atoms with Crippen LogP contribution in [-0.4, -0.2) is 23.8 Å². The molecular formula is C11H17N3O. The van der Waals surface area contributed by atoms with Crippen LogP contribution in [0.3, 0.4) is 0 Å². The molecule has 0 unspecified atom stereocenters. The number of nitrogens with zero attached hydrogens (tertiary/aromatic N) is 2. The number of hydrogen-bond donors (Lipinski definition) is 1. The summed E-state index contributed by atoms with van der Waals surface area (Å²) in [5.41, 5.74) is 0.694. The zero-order valence-corrected chi connectivity index (χ0v) is 9.45. The van der Waals surface area contributed by atoms with Crippen molar-refractivity contribution in [3.8, 4) is 0 Å². The molecule has 0 bridgehead atoms. The standard InChI is InChI=1S/C9H11N3O.C2H6/c1-4-6-7-8(10-5-2)11-9(13)12(7)3;1-2/h4-6H,1-2H2,3H3,(H,10,11,13);1-2H3/b7-6+;. The van der Waals surface area contributed by atoms with Gasteiger partial charge in [-0.2, -0.15) is 0 Å². The highest BCUT2D eigenvalue weighted by Crippen LogP contribution is 2.11. The summed E-state index contributed by atoms with van der Waals surface area (Å²) in [4.78, 5) is 16.5. The molecule has 1 saturated heterocycles. The summed E-state index contributed by atoms with van der Waals surface area (Å²) in [6.07, 6.45) is 4.69. The van der Waals surface area contributed by atoms with Crippen LogP contribution < -0.4 is 5.32 Å². The number of hydrogen-bond acceptors (Lipinski definition) is 2. The molecule has 0 atom stereocenters. The molecule has 0 aliphatic carbocycles. The Kier molecular flexibility index (Phi) is 5.78. The van der Waals surface area contributed by atoms with Crippen molar-refractivity contribution >= 4 is 11.9 Å². The van der Waals surface area contributed by atoms with Crippen molar-refractivity contribution in [2.45, 2.75) is 13.8 Å². The van der Waals surface area contributed by atoms with Gasteiger partial charge in [0.1, 0.15) is 0 Å². The predicted octanol–water partition coefficient (Wildman–Crippen LogP) is 2.28. The lowest BCUT2D eigenvalue weighted by atomic mass is 10.3. The normalized spacial score (nSPS) is 19.7. The Labute approximate surface area is 90.7 Å². The highest BCUT2D eigenvalue weighted by Gasteiger charge is 2.26. The second-order valence-corrected chi connectivity index (χ2v) is 2.44.